The summed E-state index contributed by atoms with van der Waals surface area (Å²) in [5, 5.41) is 53.5. The average molecular weight is 669 g/mol. The molecule has 5 aliphatic carbocycles. The van der Waals surface area contributed by atoms with Crippen molar-refractivity contribution in [3.8, 4) is 0 Å². The molecule has 0 bridgehead atoms. The van der Waals surface area contributed by atoms with Gasteiger partial charge in [-0.2, -0.15) is 0 Å². The molecule has 8 heteroatoms. The van der Waals surface area contributed by atoms with E-state index < -0.39 is 40.7 Å². The Balaban J connectivity index is 1.55. The number of hydrogen-bond acceptors (Lipinski definition) is 6. The SMILES string of the molecule is C/C=C(/C)C(=O)NC[C@@]12C(CC(C)(C)[C@@H](O)[C@@H]1O)C1=CCC3[C@@]4(C)CC[C@H](O)[C@](C)(CNC(=O)/C(C)=C\C)C4CC[C@@]3(C)[C@]1(C)C[C@H]2O. The van der Waals surface area contributed by atoms with Crippen LogP contribution in [-0.4, -0.2) is 69.7 Å². The largest absolute Gasteiger partial charge is 0.392 e. The van der Waals surface area contributed by atoms with Gasteiger partial charge in [0, 0.05) is 35.1 Å². The van der Waals surface area contributed by atoms with Crippen molar-refractivity contribution in [1.82, 2.24) is 10.6 Å². The molecule has 8 nitrogen and oxygen atoms in total. The Morgan fingerprint density at radius 1 is 0.792 bits per heavy atom. The minimum absolute atomic E-state index is 0.0825. The third-order valence-electron chi connectivity index (χ3n) is 15.7. The van der Waals surface area contributed by atoms with Crippen molar-refractivity contribution in [1.29, 1.82) is 0 Å². The second-order valence-electron chi connectivity index (χ2n) is 18.1. The van der Waals surface area contributed by atoms with Crippen LogP contribution in [0.15, 0.2) is 34.9 Å². The summed E-state index contributed by atoms with van der Waals surface area (Å²) in [6.45, 7) is 21.1. The number of amides is 2. The Morgan fingerprint density at radius 2 is 1.38 bits per heavy atom. The van der Waals surface area contributed by atoms with E-state index in [0.29, 0.717) is 42.9 Å². The molecule has 12 atom stereocenters. The lowest BCUT2D eigenvalue weighted by Gasteiger charge is -2.72. The fourth-order valence-electron chi connectivity index (χ4n) is 12.0. The number of aliphatic hydroxyl groups is 4. The smallest absolute Gasteiger partial charge is 0.246 e. The molecule has 3 unspecified atom stereocenters. The highest BCUT2D eigenvalue weighted by Crippen LogP contribution is 2.75. The Bertz CT molecular complexity index is 1400. The van der Waals surface area contributed by atoms with E-state index in [-0.39, 0.29) is 46.4 Å². The van der Waals surface area contributed by atoms with E-state index in [1.807, 2.05) is 40.7 Å². The first-order valence-corrected chi connectivity index (χ1v) is 18.5. The first-order chi connectivity index (χ1) is 22.2. The van der Waals surface area contributed by atoms with Crippen LogP contribution < -0.4 is 10.6 Å². The highest BCUT2D eigenvalue weighted by molar-refractivity contribution is 5.93. The van der Waals surface area contributed by atoms with E-state index in [4.69, 9.17) is 0 Å². The molecule has 0 heterocycles. The summed E-state index contributed by atoms with van der Waals surface area (Å²) in [7, 11) is 0. The molecule has 0 spiro atoms. The molecule has 0 aromatic rings. The highest BCUT2D eigenvalue weighted by Gasteiger charge is 2.72. The lowest BCUT2D eigenvalue weighted by atomic mass is 9.33. The van der Waals surface area contributed by atoms with E-state index in [0.717, 1.165) is 25.7 Å². The van der Waals surface area contributed by atoms with Gasteiger partial charge in [-0.25, -0.2) is 0 Å². The molecule has 5 aliphatic rings. The molecule has 4 saturated carbocycles. The van der Waals surface area contributed by atoms with Crippen LogP contribution in [-0.2, 0) is 9.59 Å². The maximum atomic E-state index is 13.0. The van der Waals surface area contributed by atoms with Crippen LogP contribution in [0.25, 0.3) is 0 Å². The molecule has 0 saturated heterocycles. The van der Waals surface area contributed by atoms with Crippen LogP contribution in [0, 0.1) is 50.2 Å². The number of rotatable bonds is 6. The topological polar surface area (TPSA) is 139 Å². The zero-order valence-electron chi connectivity index (χ0n) is 31.2. The zero-order chi connectivity index (χ0) is 35.8. The molecule has 0 aliphatic heterocycles. The number of aliphatic hydroxyl groups excluding tert-OH is 4. The summed E-state index contributed by atoms with van der Waals surface area (Å²) in [6, 6.07) is 0. The molecule has 2 amide bonds. The van der Waals surface area contributed by atoms with Gasteiger partial charge in [-0.15, -0.1) is 0 Å². The summed E-state index contributed by atoms with van der Waals surface area (Å²) in [5.41, 5.74) is -0.305. The maximum absolute atomic E-state index is 13.0. The third-order valence-corrected chi connectivity index (χ3v) is 15.7. The second-order valence-corrected chi connectivity index (χ2v) is 18.1. The fraction of sp³-hybridized carbons (Fsp3) is 0.800. The zero-order valence-corrected chi connectivity index (χ0v) is 31.2. The number of carbonyl (C=O) groups excluding carboxylic acids is 2. The number of hydrogen-bond donors (Lipinski definition) is 6. The molecule has 5 rings (SSSR count). The normalized spacial score (nSPS) is 47.0. The van der Waals surface area contributed by atoms with E-state index >= 15 is 0 Å². The molecule has 48 heavy (non-hydrogen) atoms. The van der Waals surface area contributed by atoms with Crippen molar-refractivity contribution in [2.75, 3.05) is 13.1 Å². The summed E-state index contributed by atoms with van der Waals surface area (Å²) < 4.78 is 0. The first kappa shape index (κ1) is 37.3. The van der Waals surface area contributed by atoms with E-state index in [9.17, 15) is 30.0 Å². The monoisotopic (exact) mass is 668 g/mol. The van der Waals surface area contributed by atoms with Gasteiger partial charge in [0.1, 0.15) is 0 Å². The van der Waals surface area contributed by atoms with Crippen LogP contribution in [0.2, 0.25) is 0 Å². The Labute approximate surface area is 288 Å². The lowest BCUT2D eigenvalue weighted by molar-refractivity contribution is -0.248. The van der Waals surface area contributed by atoms with Gasteiger partial charge in [-0.3, -0.25) is 9.59 Å². The van der Waals surface area contributed by atoms with Crippen molar-refractivity contribution in [3.63, 3.8) is 0 Å². The highest BCUT2D eigenvalue weighted by atomic mass is 16.3. The maximum Gasteiger partial charge on any atom is 0.246 e. The van der Waals surface area contributed by atoms with Gasteiger partial charge in [0.25, 0.3) is 0 Å². The molecule has 4 fully saturated rings. The van der Waals surface area contributed by atoms with Crippen LogP contribution in [0.1, 0.15) is 114 Å². The van der Waals surface area contributed by atoms with Gasteiger partial charge in [0.2, 0.25) is 11.8 Å². The van der Waals surface area contributed by atoms with Crippen molar-refractivity contribution in [2.24, 2.45) is 50.2 Å². The van der Waals surface area contributed by atoms with Crippen molar-refractivity contribution in [2.45, 2.75) is 139 Å². The number of fused-ring (bicyclic) bond motifs is 7. The van der Waals surface area contributed by atoms with Gasteiger partial charge in [0.05, 0.1) is 24.4 Å². The summed E-state index contributed by atoms with van der Waals surface area (Å²) in [6.07, 6.45) is 7.58. The molecule has 0 radical (unpaired) electrons. The standard InChI is InChI=1S/C40H64N2O6/c1-11-23(3)33(47)41-21-37(8)27-15-18-38(9)28(36(27,7)17-16-29(37)43)14-13-25-26-19-35(5,6)31(45)32(46)40(26,30(44)20-39(25,38)10)22-42-34(48)24(4)12-2/h11-13,26-32,43-46H,14-22H2,1-10H3,(H,41,47)(H,42,48)/b23-11-,24-12-/t26?,27?,28?,29-,30+,31-,32-,36-,37+,38+,39+,40-/m0/s1. The van der Waals surface area contributed by atoms with Crippen molar-refractivity contribution in [3.05, 3.63) is 34.9 Å². The number of nitrogens with one attached hydrogen (secondary N) is 2. The van der Waals surface area contributed by atoms with Gasteiger partial charge in [-0.1, -0.05) is 65.3 Å². The molecular formula is C40H64N2O6. The van der Waals surface area contributed by atoms with Crippen LogP contribution in [0.5, 0.6) is 0 Å². The van der Waals surface area contributed by atoms with Crippen molar-refractivity contribution < 1.29 is 30.0 Å². The minimum Gasteiger partial charge on any atom is -0.392 e. The van der Waals surface area contributed by atoms with Crippen LogP contribution in [0.3, 0.4) is 0 Å². The van der Waals surface area contributed by atoms with E-state index in [2.05, 4.69) is 44.4 Å². The molecule has 0 aromatic heterocycles. The van der Waals surface area contributed by atoms with E-state index in [1.165, 1.54) is 5.57 Å². The summed E-state index contributed by atoms with van der Waals surface area (Å²) in [5.74, 6) is -0.0390. The van der Waals surface area contributed by atoms with Gasteiger partial charge >= 0.3 is 0 Å². The lowest BCUT2D eigenvalue weighted by Crippen LogP contribution is -2.72. The van der Waals surface area contributed by atoms with Gasteiger partial charge in [0.15, 0.2) is 0 Å². The quantitative estimate of drug-likeness (QED) is 0.170. The number of allylic oxidation sites excluding steroid dienone is 4. The molecular weight excluding hydrogens is 604 g/mol. The van der Waals surface area contributed by atoms with Crippen molar-refractivity contribution >= 4 is 11.8 Å². The van der Waals surface area contributed by atoms with Gasteiger partial charge in [-0.05, 0) is 112 Å². The second kappa shape index (κ2) is 12.3. The summed E-state index contributed by atoms with van der Waals surface area (Å²) >= 11 is 0. The Morgan fingerprint density at radius 3 is 1.96 bits per heavy atom. The Kier molecular flexibility index (Phi) is 9.58. The fourth-order valence-corrected chi connectivity index (χ4v) is 12.0. The number of carbonyl (C=O) groups is 2. The molecule has 6 N–H and O–H groups in total. The first-order valence-electron chi connectivity index (χ1n) is 18.5. The van der Waals surface area contributed by atoms with Crippen LogP contribution >= 0.6 is 0 Å². The molecule has 0 aromatic carbocycles. The van der Waals surface area contributed by atoms with Crippen LogP contribution in [0.4, 0.5) is 0 Å². The third kappa shape index (κ3) is 5.12. The predicted octanol–water partition coefficient (Wildman–Crippen LogP) is 5.21. The average Bonchev–Trinajstić information content (AvgIpc) is 3.03. The minimum atomic E-state index is -1.21. The van der Waals surface area contributed by atoms with E-state index in [1.54, 1.807) is 13.0 Å². The summed E-state index contributed by atoms with van der Waals surface area (Å²) in [4.78, 5) is 25.8. The predicted molar refractivity (Wildman–Crippen MR) is 188 cm³/mol. The molecule has 270 valence electrons. The van der Waals surface area contributed by atoms with Gasteiger partial charge < -0.3 is 31.1 Å². The Hall–Kier alpha value is -2.00.